The zero-order valence-electron chi connectivity index (χ0n) is 11.4. The number of nitrogens with zero attached hydrogens (tertiary/aromatic N) is 2. The van der Waals surface area contributed by atoms with Crippen molar-refractivity contribution in [3.05, 3.63) is 0 Å². The van der Waals surface area contributed by atoms with Crippen LogP contribution in [0.15, 0.2) is 0 Å². The van der Waals surface area contributed by atoms with E-state index in [1.807, 2.05) is 0 Å². The maximum Gasteiger partial charge on any atom is 0.317 e. The minimum Gasteiger partial charge on any atom is -0.481 e. The Kier molecular flexibility index (Phi) is 5.59. The Morgan fingerprint density at radius 3 is 2.74 bits per heavy atom. The van der Waals surface area contributed by atoms with Crippen molar-refractivity contribution >= 4 is 17.9 Å². The minimum atomic E-state index is -0.874. The van der Waals surface area contributed by atoms with Gasteiger partial charge in [-0.15, -0.1) is 0 Å². The topological polar surface area (TPSA) is 90.0 Å². The van der Waals surface area contributed by atoms with Crippen LogP contribution in [0.4, 0.5) is 4.79 Å². The number of carbonyl (C=O) groups excluding carboxylic acids is 2. The molecule has 1 heterocycles. The van der Waals surface area contributed by atoms with E-state index in [0.29, 0.717) is 26.1 Å². The zero-order valence-corrected chi connectivity index (χ0v) is 11.4. The van der Waals surface area contributed by atoms with Gasteiger partial charge in [-0.05, 0) is 12.8 Å². The summed E-state index contributed by atoms with van der Waals surface area (Å²) in [6.45, 7) is 3.16. The Labute approximate surface area is 112 Å². The van der Waals surface area contributed by atoms with Gasteiger partial charge in [0.15, 0.2) is 0 Å². The van der Waals surface area contributed by atoms with Crippen LogP contribution in [0.1, 0.15) is 19.8 Å². The average molecular weight is 271 g/mol. The van der Waals surface area contributed by atoms with Crippen molar-refractivity contribution < 1.29 is 19.5 Å². The van der Waals surface area contributed by atoms with Gasteiger partial charge in [-0.1, -0.05) is 6.92 Å². The lowest BCUT2D eigenvalue weighted by Gasteiger charge is -2.20. The van der Waals surface area contributed by atoms with Crippen molar-refractivity contribution in [1.29, 1.82) is 0 Å². The first-order valence-electron chi connectivity index (χ1n) is 6.41. The molecule has 1 fully saturated rings. The summed E-state index contributed by atoms with van der Waals surface area (Å²) in [4.78, 5) is 37.2. The van der Waals surface area contributed by atoms with E-state index in [0.717, 1.165) is 6.42 Å². The molecule has 1 atom stereocenters. The third-order valence-corrected chi connectivity index (χ3v) is 3.24. The van der Waals surface area contributed by atoms with Crippen LogP contribution in [-0.2, 0) is 9.59 Å². The van der Waals surface area contributed by atoms with Gasteiger partial charge in [-0.25, -0.2) is 4.79 Å². The third-order valence-electron chi connectivity index (χ3n) is 3.24. The first kappa shape index (κ1) is 15.3. The van der Waals surface area contributed by atoms with E-state index in [1.165, 1.54) is 4.90 Å². The second kappa shape index (κ2) is 6.96. The van der Waals surface area contributed by atoms with Crippen molar-refractivity contribution in [1.82, 2.24) is 15.1 Å². The summed E-state index contributed by atoms with van der Waals surface area (Å²) in [5, 5.41) is 11.4. The van der Waals surface area contributed by atoms with E-state index in [1.54, 1.807) is 18.9 Å². The van der Waals surface area contributed by atoms with Crippen LogP contribution < -0.4 is 5.32 Å². The normalized spacial score (nSPS) is 17.9. The Bertz CT molecular complexity index is 359. The number of likely N-dealkylation sites (N-methyl/N-ethyl adjacent to an activating group) is 1. The third kappa shape index (κ3) is 4.76. The molecule has 1 saturated heterocycles. The summed E-state index contributed by atoms with van der Waals surface area (Å²) in [6, 6.07) is -0.304. The van der Waals surface area contributed by atoms with E-state index >= 15 is 0 Å². The number of carboxylic acid groups (broad SMARTS) is 1. The molecule has 7 nitrogen and oxygen atoms in total. The lowest BCUT2D eigenvalue weighted by molar-refractivity contribution is -0.141. The van der Waals surface area contributed by atoms with Crippen LogP contribution in [-0.4, -0.2) is 66.0 Å². The van der Waals surface area contributed by atoms with Gasteiger partial charge in [0.05, 0.1) is 5.92 Å². The molecule has 0 saturated carbocycles. The molecule has 1 aliphatic rings. The molecule has 0 aromatic carbocycles. The van der Waals surface area contributed by atoms with Crippen molar-refractivity contribution in [2.45, 2.75) is 19.8 Å². The van der Waals surface area contributed by atoms with E-state index in [9.17, 15) is 14.4 Å². The minimum absolute atomic E-state index is 0.0773. The molecule has 1 rings (SSSR count). The van der Waals surface area contributed by atoms with Gasteiger partial charge in [0.25, 0.3) is 0 Å². The number of hydrogen-bond donors (Lipinski definition) is 2. The molecule has 0 spiro atoms. The van der Waals surface area contributed by atoms with Gasteiger partial charge in [0, 0.05) is 26.7 Å². The molecule has 0 aromatic heterocycles. The first-order valence-corrected chi connectivity index (χ1v) is 6.41. The van der Waals surface area contributed by atoms with Gasteiger partial charge in [-0.3, -0.25) is 9.59 Å². The molecule has 0 aromatic rings. The molecule has 1 aliphatic heterocycles. The summed E-state index contributed by atoms with van der Waals surface area (Å²) in [7, 11) is 1.72. The van der Waals surface area contributed by atoms with E-state index in [4.69, 9.17) is 5.11 Å². The maximum atomic E-state index is 11.9. The Hall–Kier alpha value is -1.79. The zero-order chi connectivity index (χ0) is 14.4. The standard InChI is InChI=1S/C12H21N3O4/c1-9(11(17)18)4-5-13-12(19)15-7-3-6-14(2)10(16)8-15/h9H,3-8H2,1-2H3,(H,13,19)(H,17,18). The van der Waals surface area contributed by atoms with E-state index < -0.39 is 11.9 Å². The number of hydrogen-bond acceptors (Lipinski definition) is 3. The van der Waals surface area contributed by atoms with Crippen LogP contribution in [0, 0.1) is 5.92 Å². The Morgan fingerprint density at radius 2 is 2.11 bits per heavy atom. The quantitative estimate of drug-likeness (QED) is 0.751. The maximum absolute atomic E-state index is 11.9. The summed E-state index contributed by atoms with van der Waals surface area (Å²) < 4.78 is 0. The molecular weight excluding hydrogens is 250 g/mol. The van der Waals surface area contributed by atoms with Crippen molar-refractivity contribution in [2.24, 2.45) is 5.92 Å². The summed E-state index contributed by atoms with van der Waals surface area (Å²) in [6.07, 6.45) is 1.13. The van der Waals surface area contributed by atoms with Gasteiger partial charge in [0.2, 0.25) is 5.91 Å². The van der Waals surface area contributed by atoms with Gasteiger partial charge < -0.3 is 20.2 Å². The second-order valence-electron chi connectivity index (χ2n) is 4.85. The number of amides is 3. The number of aliphatic carboxylic acids is 1. The van der Waals surface area contributed by atoms with Crippen molar-refractivity contribution in [3.63, 3.8) is 0 Å². The average Bonchev–Trinajstić information content (AvgIpc) is 2.51. The summed E-state index contributed by atoms with van der Waals surface area (Å²) in [5.74, 6) is -1.44. The van der Waals surface area contributed by atoms with Crippen LogP contribution in [0.2, 0.25) is 0 Å². The number of carbonyl (C=O) groups is 3. The van der Waals surface area contributed by atoms with Gasteiger partial charge >= 0.3 is 12.0 Å². The van der Waals surface area contributed by atoms with Crippen LogP contribution in [0.3, 0.4) is 0 Å². The highest BCUT2D eigenvalue weighted by Gasteiger charge is 2.22. The lowest BCUT2D eigenvalue weighted by Crippen LogP contribution is -2.44. The fourth-order valence-electron chi connectivity index (χ4n) is 1.79. The Balaban J connectivity index is 2.36. The number of nitrogens with one attached hydrogen (secondary N) is 1. The second-order valence-corrected chi connectivity index (χ2v) is 4.85. The number of urea groups is 1. The summed E-state index contributed by atoms with van der Waals surface area (Å²) in [5.41, 5.74) is 0. The van der Waals surface area contributed by atoms with Gasteiger partial charge in [-0.2, -0.15) is 0 Å². The SMILES string of the molecule is CC(CCNC(=O)N1CCCN(C)C(=O)C1)C(=O)O. The molecule has 0 bridgehead atoms. The smallest absolute Gasteiger partial charge is 0.317 e. The fraction of sp³-hybridized carbons (Fsp3) is 0.750. The van der Waals surface area contributed by atoms with Gasteiger partial charge in [0.1, 0.15) is 6.54 Å². The highest BCUT2D eigenvalue weighted by molar-refractivity contribution is 5.84. The fourth-order valence-corrected chi connectivity index (χ4v) is 1.79. The van der Waals surface area contributed by atoms with Crippen molar-refractivity contribution in [3.8, 4) is 0 Å². The summed E-state index contributed by atoms with van der Waals surface area (Å²) >= 11 is 0. The van der Waals surface area contributed by atoms with E-state index in [2.05, 4.69) is 5.32 Å². The largest absolute Gasteiger partial charge is 0.481 e. The van der Waals surface area contributed by atoms with Crippen LogP contribution >= 0.6 is 0 Å². The van der Waals surface area contributed by atoms with E-state index in [-0.39, 0.29) is 18.5 Å². The lowest BCUT2D eigenvalue weighted by atomic mass is 10.1. The highest BCUT2D eigenvalue weighted by Crippen LogP contribution is 2.04. The highest BCUT2D eigenvalue weighted by atomic mass is 16.4. The molecule has 3 amide bonds. The monoisotopic (exact) mass is 271 g/mol. The molecule has 0 aliphatic carbocycles. The first-order chi connectivity index (χ1) is 8.91. The predicted octanol–water partition coefficient (Wildman–Crippen LogP) is -0.0291. The molecular formula is C12H21N3O4. The molecule has 0 radical (unpaired) electrons. The Morgan fingerprint density at radius 1 is 1.42 bits per heavy atom. The molecule has 19 heavy (non-hydrogen) atoms. The molecule has 1 unspecified atom stereocenters. The van der Waals surface area contributed by atoms with Crippen molar-refractivity contribution in [2.75, 3.05) is 33.2 Å². The molecule has 7 heteroatoms. The van der Waals surface area contributed by atoms with Crippen LogP contribution in [0.25, 0.3) is 0 Å². The molecule has 108 valence electrons. The number of rotatable bonds is 4. The van der Waals surface area contributed by atoms with Crippen LogP contribution in [0.5, 0.6) is 0 Å². The molecule has 2 N–H and O–H groups in total. The number of carboxylic acids is 1. The predicted molar refractivity (Wildman–Crippen MR) is 68.6 cm³/mol.